The molecule has 2 aromatic carbocycles. The minimum atomic E-state index is -0.434. The van der Waals surface area contributed by atoms with Gasteiger partial charge in [-0.05, 0) is 61.3 Å². The molecule has 6 nitrogen and oxygen atoms in total. The summed E-state index contributed by atoms with van der Waals surface area (Å²) in [6.07, 6.45) is 1.32. The summed E-state index contributed by atoms with van der Waals surface area (Å²) in [5.74, 6) is 0.0976. The zero-order valence-corrected chi connectivity index (χ0v) is 17.3. The number of amides is 1. The largest absolute Gasteiger partial charge is 0.508 e. The molecule has 1 amide bonds. The third-order valence-corrected chi connectivity index (χ3v) is 5.34. The topological polar surface area (TPSA) is 100 Å². The van der Waals surface area contributed by atoms with Crippen LogP contribution in [0.3, 0.4) is 0 Å². The van der Waals surface area contributed by atoms with Crippen LogP contribution in [0.5, 0.6) is 5.75 Å². The second kappa shape index (κ2) is 10.2. The van der Waals surface area contributed by atoms with Crippen LogP contribution in [0, 0.1) is 0 Å². The average Bonchev–Trinajstić information content (AvgIpc) is 3.18. The predicted octanol–water partition coefficient (Wildman–Crippen LogP) is 4.00. The van der Waals surface area contributed by atoms with E-state index in [0.717, 1.165) is 23.2 Å². The lowest BCUT2D eigenvalue weighted by molar-refractivity contribution is -0.122. The number of carbonyl (C=O) groups excluding carboxylic acids is 1. The number of nitrogens with two attached hydrogens (primary N) is 1. The number of thiazole rings is 1. The minimum Gasteiger partial charge on any atom is -0.508 e. The van der Waals surface area contributed by atoms with Gasteiger partial charge in [-0.2, -0.15) is 0 Å². The Labute approximate surface area is 178 Å². The molecule has 0 saturated heterocycles. The molecule has 8 heteroatoms. The van der Waals surface area contributed by atoms with Crippen molar-refractivity contribution in [2.45, 2.75) is 25.4 Å². The van der Waals surface area contributed by atoms with Crippen molar-refractivity contribution in [3.63, 3.8) is 0 Å². The fraction of sp³-hybridized carbons (Fsp3) is 0.238. The number of phenolic OH excluding ortho intramolecular Hbond substituents is 1. The van der Waals surface area contributed by atoms with E-state index in [1.165, 1.54) is 11.3 Å². The van der Waals surface area contributed by atoms with Gasteiger partial charge in [0.1, 0.15) is 11.8 Å². The molecule has 1 heterocycles. The molecule has 0 spiro atoms. The molecule has 1 aromatic heterocycles. The second-order valence-electron chi connectivity index (χ2n) is 6.56. The van der Waals surface area contributed by atoms with E-state index >= 15 is 0 Å². The molecule has 5 N–H and O–H groups in total. The van der Waals surface area contributed by atoms with Crippen molar-refractivity contribution in [1.29, 1.82) is 0 Å². The monoisotopic (exact) mass is 430 g/mol. The summed E-state index contributed by atoms with van der Waals surface area (Å²) < 4.78 is 0. The average molecular weight is 431 g/mol. The quantitative estimate of drug-likeness (QED) is 0.411. The minimum absolute atomic E-state index is 0.111. The van der Waals surface area contributed by atoms with E-state index in [1.807, 2.05) is 23.6 Å². The van der Waals surface area contributed by atoms with Crippen molar-refractivity contribution in [3.8, 4) is 17.0 Å². The molecule has 3 rings (SSSR count). The van der Waals surface area contributed by atoms with Crippen molar-refractivity contribution in [2.24, 2.45) is 5.73 Å². The maximum Gasteiger partial charge on any atom is 0.242 e. The summed E-state index contributed by atoms with van der Waals surface area (Å²) in [5.41, 5.74) is 8.26. The number of nitrogens with zero attached hydrogens (tertiary/aromatic N) is 1. The first kappa shape index (κ1) is 21.1. The van der Waals surface area contributed by atoms with Crippen LogP contribution in [-0.2, 0) is 11.3 Å². The highest BCUT2D eigenvalue weighted by atomic mass is 35.5. The molecule has 0 aliphatic carbocycles. The van der Waals surface area contributed by atoms with Gasteiger partial charge in [0.2, 0.25) is 5.91 Å². The van der Waals surface area contributed by atoms with E-state index in [-0.39, 0.29) is 11.7 Å². The Morgan fingerprint density at radius 3 is 2.76 bits per heavy atom. The van der Waals surface area contributed by atoms with E-state index in [0.29, 0.717) is 29.7 Å². The number of hydrogen-bond donors (Lipinski definition) is 4. The number of anilines is 1. The van der Waals surface area contributed by atoms with Gasteiger partial charge in [-0.15, -0.1) is 11.3 Å². The fourth-order valence-electron chi connectivity index (χ4n) is 2.80. The van der Waals surface area contributed by atoms with Crippen LogP contribution in [0.2, 0.25) is 5.02 Å². The number of benzene rings is 2. The maximum absolute atomic E-state index is 12.7. The number of phenols is 1. The van der Waals surface area contributed by atoms with Gasteiger partial charge in [0.25, 0.3) is 0 Å². The number of rotatable bonds is 9. The van der Waals surface area contributed by atoms with Crippen LogP contribution in [0.4, 0.5) is 5.13 Å². The van der Waals surface area contributed by atoms with Gasteiger partial charge in [0, 0.05) is 22.5 Å². The second-order valence-corrected chi connectivity index (χ2v) is 7.85. The summed E-state index contributed by atoms with van der Waals surface area (Å²) in [7, 11) is 0. The molecular formula is C21H23ClN4O2S. The van der Waals surface area contributed by atoms with E-state index in [4.69, 9.17) is 17.3 Å². The third kappa shape index (κ3) is 6.19. The van der Waals surface area contributed by atoms with Gasteiger partial charge in [0.05, 0.1) is 5.69 Å². The molecule has 1 atom stereocenters. The zero-order valence-electron chi connectivity index (χ0n) is 15.8. The Balaban J connectivity index is 1.65. The molecule has 0 unspecified atom stereocenters. The van der Waals surface area contributed by atoms with Gasteiger partial charge < -0.3 is 21.5 Å². The highest BCUT2D eigenvalue weighted by molar-refractivity contribution is 7.14. The lowest BCUT2D eigenvalue weighted by Crippen LogP contribution is -2.39. The first-order valence-electron chi connectivity index (χ1n) is 9.29. The molecule has 0 bridgehead atoms. The first-order valence-corrected chi connectivity index (χ1v) is 10.5. The molecule has 0 aliphatic rings. The number of halogens is 1. The lowest BCUT2D eigenvalue weighted by atomic mass is 10.1. The van der Waals surface area contributed by atoms with Crippen LogP contribution in [0.25, 0.3) is 11.3 Å². The Hall–Kier alpha value is -2.61. The van der Waals surface area contributed by atoms with E-state index in [2.05, 4.69) is 15.6 Å². The van der Waals surface area contributed by atoms with E-state index in [9.17, 15) is 9.90 Å². The Kier molecular flexibility index (Phi) is 7.46. The van der Waals surface area contributed by atoms with Crippen molar-refractivity contribution < 1.29 is 9.90 Å². The zero-order chi connectivity index (χ0) is 20.6. The Morgan fingerprint density at radius 2 is 2.03 bits per heavy atom. The van der Waals surface area contributed by atoms with Gasteiger partial charge in [-0.25, -0.2) is 4.98 Å². The van der Waals surface area contributed by atoms with Crippen LogP contribution in [0.15, 0.2) is 53.9 Å². The number of aromatic hydroxyl groups is 1. The van der Waals surface area contributed by atoms with Crippen molar-refractivity contribution in [3.05, 3.63) is 64.5 Å². The normalized spacial score (nSPS) is 11.8. The van der Waals surface area contributed by atoms with Crippen LogP contribution in [-0.4, -0.2) is 28.6 Å². The van der Waals surface area contributed by atoms with Crippen LogP contribution < -0.4 is 16.4 Å². The summed E-state index contributed by atoms with van der Waals surface area (Å²) in [6.45, 7) is 0.910. The summed E-state index contributed by atoms with van der Waals surface area (Å²) in [6, 6.07) is 13.8. The molecule has 0 fully saturated rings. The first-order chi connectivity index (χ1) is 14.0. The number of aromatic nitrogens is 1. The molecule has 0 radical (unpaired) electrons. The predicted molar refractivity (Wildman–Crippen MR) is 118 cm³/mol. The lowest BCUT2D eigenvalue weighted by Gasteiger charge is -2.17. The van der Waals surface area contributed by atoms with Crippen molar-refractivity contribution in [2.75, 3.05) is 11.9 Å². The molecular weight excluding hydrogens is 408 g/mol. The van der Waals surface area contributed by atoms with Crippen molar-refractivity contribution in [1.82, 2.24) is 10.3 Å². The van der Waals surface area contributed by atoms with Crippen LogP contribution >= 0.6 is 22.9 Å². The van der Waals surface area contributed by atoms with Gasteiger partial charge in [-0.1, -0.05) is 23.7 Å². The van der Waals surface area contributed by atoms with E-state index < -0.39 is 6.04 Å². The molecule has 29 heavy (non-hydrogen) atoms. The summed E-state index contributed by atoms with van der Waals surface area (Å²) in [5, 5.41) is 18.8. The van der Waals surface area contributed by atoms with E-state index in [1.54, 1.807) is 30.3 Å². The van der Waals surface area contributed by atoms with Crippen molar-refractivity contribution >= 4 is 34.0 Å². The molecule has 3 aromatic rings. The highest BCUT2D eigenvalue weighted by Gasteiger charge is 2.19. The Bertz CT molecular complexity index is 946. The standard InChI is InChI=1S/C21H23ClN4O2S/c22-16-4-1-3-14(11-16)12-24-20(28)18(5-2-10-23)25-21-26-19(13-29-21)15-6-8-17(27)9-7-15/h1,3-4,6-9,11,13,18,27H,2,5,10,12,23H2,(H,24,28)(H,25,26)/t18-/m0/s1. The summed E-state index contributed by atoms with van der Waals surface area (Å²) >= 11 is 7.43. The van der Waals surface area contributed by atoms with Gasteiger partial charge in [0.15, 0.2) is 5.13 Å². The summed E-state index contributed by atoms with van der Waals surface area (Å²) in [4.78, 5) is 17.3. The smallest absolute Gasteiger partial charge is 0.242 e. The third-order valence-electron chi connectivity index (χ3n) is 4.33. The number of hydrogen-bond acceptors (Lipinski definition) is 6. The SMILES string of the molecule is NCCC[C@H](Nc1nc(-c2ccc(O)cc2)cs1)C(=O)NCc1cccc(Cl)c1. The van der Waals surface area contributed by atoms with Gasteiger partial charge >= 0.3 is 0 Å². The molecule has 0 aliphatic heterocycles. The number of carbonyl (C=O) groups is 1. The fourth-order valence-corrected chi connectivity index (χ4v) is 3.79. The molecule has 0 saturated carbocycles. The number of nitrogens with one attached hydrogen (secondary N) is 2. The molecule has 152 valence electrons. The van der Waals surface area contributed by atoms with Gasteiger partial charge in [-0.3, -0.25) is 4.79 Å². The maximum atomic E-state index is 12.7. The Morgan fingerprint density at radius 1 is 1.24 bits per heavy atom. The highest BCUT2D eigenvalue weighted by Crippen LogP contribution is 2.27. The van der Waals surface area contributed by atoms with Crippen LogP contribution in [0.1, 0.15) is 18.4 Å².